The minimum absolute atomic E-state index is 1.31. The van der Waals surface area contributed by atoms with Crippen LogP contribution in [0.3, 0.4) is 0 Å². The zero-order chi connectivity index (χ0) is 10.4. The standard InChI is InChI=1S/C14H13N/c1-10-9-12-8-7-11-5-3-4-6-13(11)14(12)15(10)2/h3-9H,1-2H3. The fourth-order valence-corrected chi connectivity index (χ4v) is 2.26. The van der Waals surface area contributed by atoms with Gasteiger partial charge in [-0.1, -0.05) is 36.4 Å². The van der Waals surface area contributed by atoms with Gasteiger partial charge in [-0.3, -0.25) is 0 Å². The lowest BCUT2D eigenvalue weighted by atomic mass is 10.1. The van der Waals surface area contributed by atoms with Gasteiger partial charge in [0.25, 0.3) is 0 Å². The van der Waals surface area contributed by atoms with E-state index in [2.05, 4.69) is 61.0 Å². The Bertz CT molecular complexity index is 647. The molecule has 0 atom stereocenters. The lowest BCUT2D eigenvalue weighted by molar-refractivity contribution is 0.921. The van der Waals surface area contributed by atoms with Gasteiger partial charge in [0.2, 0.25) is 0 Å². The van der Waals surface area contributed by atoms with Crippen molar-refractivity contribution >= 4 is 21.7 Å². The minimum Gasteiger partial charge on any atom is -0.347 e. The Labute approximate surface area is 88.9 Å². The molecule has 0 aliphatic heterocycles. The molecule has 0 saturated heterocycles. The molecule has 0 fully saturated rings. The van der Waals surface area contributed by atoms with Crippen LogP contribution in [0.4, 0.5) is 0 Å². The summed E-state index contributed by atoms with van der Waals surface area (Å²) in [6, 6.07) is 15.2. The van der Waals surface area contributed by atoms with Gasteiger partial charge in [0, 0.05) is 23.5 Å². The minimum atomic E-state index is 1.31. The largest absolute Gasteiger partial charge is 0.347 e. The number of fused-ring (bicyclic) bond motifs is 3. The molecule has 0 unspecified atom stereocenters. The van der Waals surface area contributed by atoms with Crippen molar-refractivity contribution in [3.05, 3.63) is 48.2 Å². The van der Waals surface area contributed by atoms with E-state index in [1.165, 1.54) is 27.4 Å². The molecular weight excluding hydrogens is 182 g/mol. The van der Waals surface area contributed by atoms with E-state index in [9.17, 15) is 0 Å². The monoisotopic (exact) mass is 195 g/mol. The number of nitrogens with zero attached hydrogens (tertiary/aromatic N) is 1. The smallest absolute Gasteiger partial charge is 0.0559 e. The summed E-state index contributed by atoms with van der Waals surface area (Å²) in [4.78, 5) is 0. The molecular formula is C14H13N. The van der Waals surface area contributed by atoms with Crippen molar-refractivity contribution < 1.29 is 0 Å². The van der Waals surface area contributed by atoms with Crippen LogP contribution in [-0.2, 0) is 7.05 Å². The maximum Gasteiger partial charge on any atom is 0.0559 e. The Morgan fingerprint density at radius 1 is 0.933 bits per heavy atom. The molecule has 0 bridgehead atoms. The van der Waals surface area contributed by atoms with Crippen LogP contribution < -0.4 is 0 Å². The van der Waals surface area contributed by atoms with Crippen molar-refractivity contribution in [1.29, 1.82) is 0 Å². The zero-order valence-electron chi connectivity index (χ0n) is 8.99. The van der Waals surface area contributed by atoms with Gasteiger partial charge in [-0.05, 0) is 18.4 Å². The van der Waals surface area contributed by atoms with Crippen LogP contribution in [0.2, 0.25) is 0 Å². The first kappa shape index (κ1) is 8.54. The van der Waals surface area contributed by atoms with Crippen LogP contribution in [0.5, 0.6) is 0 Å². The summed E-state index contributed by atoms with van der Waals surface area (Å²) >= 11 is 0. The SMILES string of the molecule is Cc1cc2ccc3ccccc3c2n1C. The molecule has 1 heterocycles. The summed E-state index contributed by atoms with van der Waals surface area (Å²) in [7, 11) is 2.13. The number of benzene rings is 2. The highest BCUT2D eigenvalue weighted by atomic mass is 14.9. The Morgan fingerprint density at radius 2 is 1.67 bits per heavy atom. The number of rotatable bonds is 0. The average molecular weight is 195 g/mol. The van der Waals surface area contributed by atoms with E-state index >= 15 is 0 Å². The molecule has 0 aliphatic rings. The summed E-state index contributed by atoms with van der Waals surface area (Å²) in [6.07, 6.45) is 0. The highest BCUT2D eigenvalue weighted by Gasteiger charge is 2.05. The first-order valence-electron chi connectivity index (χ1n) is 5.21. The quantitative estimate of drug-likeness (QED) is 0.516. The van der Waals surface area contributed by atoms with Crippen LogP contribution >= 0.6 is 0 Å². The van der Waals surface area contributed by atoms with Gasteiger partial charge in [0.15, 0.2) is 0 Å². The van der Waals surface area contributed by atoms with Crippen molar-refractivity contribution in [2.45, 2.75) is 6.92 Å². The maximum atomic E-state index is 2.26. The third kappa shape index (κ3) is 1.09. The van der Waals surface area contributed by atoms with Crippen molar-refractivity contribution in [3.8, 4) is 0 Å². The predicted molar refractivity (Wildman–Crippen MR) is 65.2 cm³/mol. The zero-order valence-corrected chi connectivity index (χ0v) is 8.99. The van der Waals surface area contributed by atoms with Crippen LogP contribution in [0.1, 0.15) is 5.69 Å². The molecule has 0 amide bonds. The van der Waals surface area contributed by atoms with Crippen molar-refractivity contribution in [3.63, 3.8) is 0 Å². The summed E-state index contributed by atoms with van der Waals surface area (Å²) < 4.78 is 2.26. The Kier molecular flexibility index (Phi) is 1.63. The topological polar surface area (TPSA) is 4.93 Å². The highest BCUT2D eigenvalue weighted by molar-refractivity contribution is 6.06. The van der Waals surface area contributed by atoms with E-state index in [4.69, 9.17) is 0 Å². The van der Waals surface area contributed by atoms with E-state index < -0.39 is 0 Å². The van der Waals surface area contributed by atoms with E-state index in [-0.39, 0.29) is 0 Å². The molecule has 74 valence electrons. The van der Waals surface area contributed by atoms with E-state index in [0.29, 0.717) is 0 Å². The second-order valence-electron chi connectivity index (χ2n) is 4.07. The molecule has 15 heavy (non-hydrogen) atoms. The fraction of sp³-hybridized carbons (Fsp3) is 0.143. The Hall–Kier alpha value is -1.76. The second-order valence-corrected chi connectivity index (χ2v) is 4.07. The molecule has 0 N–H and O–H groups in total. The van der Waals surface area contributed by atoms with Gasteiger partial charge in [-0.25, -0.2) is 0 Å². The van der Waals surface area contributed by atoms with Crippen LogP contribution in [-0.4, -0.2) is 4.57 Å². The van der Waals surface area contributed by atoms with Crippen molar-refractivity contribution in [2.24, 2.45) is 7.05 Å². The molecule has 1 aromatic heterocycles. The third-order valence-electron chi connectivity index (χ3n) is 3.16. The molecule has 0 aliphatic carbocycles. The number of aryl methyl sites for hydroxylation is 2. The van der Waals surface area contributed by atoms with Crippen molar-refractivity contribution in [1.82, 2.24) is 4.57 Å². The first-order valence-corrected chi connectivity index (χ1v) is 5.21. The first-order chi connectivity index (χ1) is 7.27. The van der Waals surface area contributed by atoms with Crippen molar-refractivity contribution in [2.75, 3.05) is 0 Å². The van der Waals surface area contributed by atoms with Crippen LogP contribution in [0.25, 0.3) is 21.7 Å². The van der Waals surface area contributed by atoms with Gasteiger partial charge in [-0.2, -0.15) is 0 Å². The number of hydrogen-bond acceptors (Lipinski definition) is 0. The van der Waals surface area contributed by atoms with Crippen LogP contribution in [0, 0.1) is 6.92 Å². The van der Waals surface area contributed by atoms with Gasteiger partial charge in [-0.15, -0.1) is 0 Å². The van der Waals surface area contributed by atoms with Gasteiger partial charge in [0.1, 0.15) is 0 Å². The van der Waals surface area contributed by atoms with Gasteiger partial charge < -0.3 is 4.57 Å². The summed E-state index contributed by atoms with van der Waals surface area (Å²) in [6.45, 7) is 2.15. The van der Waals surface area contributed by atoms with E-state index in [1.54, 1.807) is 0 Å². The van der Waals surface area contributed by atoms with Gasteiger partial charge >= 0.3 is 0 Å². The summed E-state index contributed by atoms with van der Waals surface area (Å²) in [5.74, 6) is 0. The maximum absolute atomic E-state index is 2.26. The molecule has 0 radical (unpaired) electrons. The molecule has 3 rings (SSSR count). The third-order valence-corrected chi connectivity index (χ3v) is 3.16. The fourth-order valence-electron chi connectivity index (χ4n) is 2.26. The summed E-state index contributed by atoms with van der Waals surface area (Å²) in [5.41, 5.74) is 2.65. The molecule has 0 saturated carbocycles. The molecule has 1 heteroatoms. The van der Waals surface area contributed by atoms with E-state index in [1.807, 2.05) is 0 Å². The highest BCUT2D eigenvalue weighted by Crippen LogP contribution is 2.27. The lowest BCUT2D eigenvalue weighted by Crippen LogP contribution is -1.90. The number of hydrogen-bond donors (Lipinski definition) is 0. The van der Waals surface area contributed by atoms with E-state index in [0.717, 1.165) is 0 Å². The normalized spacial score (nSPS) is 11.3. The average Bonchev–Trinajstić information content (AvgIpc) is 2.55. The Balaban J connectivity index is 2.63. The molecule has 1 nitrogen and oxygen atoms in total. The molecule has 3 aromatic rings. The second kappa shape index (κ2) is 2.86. The predicted octanol–water partition coefficient (Wildman–Crippen LogP) is 3.64. The summed E-state index contributed by atoms with van der Waals surface area (Å²) in [5, 5.41) is 3.98. The molecule has 0 spiro atoms. The Morgan fingerprint density at radius 3 is 2.53 bits per heavy atom. The van der Waals surface area contributed by atoms with Crippen LogP contribution in [0.15, 0.2) is 42.5 Å². The lowest BCUT2D eigenvalue weighted by Gasteiger charge is -2.03. The molecule has 2 aromatic carbocycles. The number of aromatic nitrogens is 1. The van der Waals surface area contributed by atoms with Gasteiger partial charge in [0.05, 0.1) is 5.52 Å².